The van der Waals surface area contributed by atoms with Crippen LogP contribution in [0.15, 0.2) is 66.7 Å². The highest BCUT2D eigenvalue weighted by atomic mass is 19.1. The van der Waals surface area contributed by atoms with E-state index in [2.05, 4.69) is 9.80 Å². The van der Waals surface area contributed by atoms with Crippen molar-refractivity contribution in [2.45, 2.75) is 38.1 Å². The summed E-state index contributed by atoms with van der Waals surface area (Å²) in [5.74, 6) is -0.255. The first-order valence-corrected chi connectivity index (χ1v) is 13.7. The first kappa shape index (κ1) is 24.9. The van der Waals surface area contributed by atoms with Gasteiger partial charge >= 0.3 is 6.03 Å². The first-order chi connectivity index (χ1) is 18.5. The van der Waals surface area contributed by atoms with E-state index in [0.717, 1.165) is 86.7 Å². The summed E-state index contributed by atoms with van der Waals surface area (Å²) >= 11 is 0. The molecule has 38 heavy (non-hydrogen) atoms. The van der Waals surface area contributed by atoms with Gasteiger partial charge < -0.3 is 14.7 Å². The van der Waals surface area contributed by atoms with Crippen LogP contribution in [0.25, 0.3) is 0 Å². The lowest BCUT2D eigenvalue weighted by Gasteiger charge is -2.39. The summed E-state index contributed by atoms with van der Waals surface area (Å²) in [6.45, 7) is 7.13. The third-order valence-corrected chi connectivity index (χ3v) is 8.40. The molecular weight excluding hydrogens is 482 g/mol. The van der Waals surface area contributed by atoms with Gasteiger partial charge in [-0.05, 0) is 92.4 Å². The average molecular weight is 517 g/mol. The summed E-state index contributed by atoms with van der Waals surface area (Å²) < 4.78 is 27.9. The van der Waals surface area contributed by atoms with E-state index in [9.17, 15) is 13.6 Å². The predicted molar refractivity (Wildman–Crippen MR) is 147 cm³/mol. The molecule has 3 aromatic rings. The predicted octanol–water partition coefficient (Wildman–Crippen LogP) is 6.31. The molecule has 0 bridgehead atoms. The van der Waals surface area contributed by atoms with E-state index in [-0.39, 0.29) is 29.6 Å². The topological polar surface area (TPSA) is 30.0 Å². The fourth-order valence-electron chi connectivity index (χ4n) is 6.50. The van der Waals surface area contributed by atoms with Gasteiger partial charge in [-0.1, -0.05) is 18.2 Å². The van der Waals surface area contributed by atoms with Crippen LogP contribution < -0.4 is 9.80 Å². The highest BCUT2D eigenvalue weighted by molar-refractivity contribution is 5.94. The number of amides is 2. The third kappa shape index (κ3) is 4.64. The Bertz CT molecular complexity index is 1310. The van der Waals surface area contributed by atoms with Crippen LogP contribution in [0.3, 0.4) is 0 Å². The normalized spacial score (nSPS) is 21.2. The highest BCUT2D eigenvalue weighted by Crippen LogP contribution is 2.48. The molecule has 0 aromatic heterocycles. The summed E-state index contributed by atoms with van der Waals surface area (Å²) in [5, 5.41) is 0. The zero-order chi connectivity index (χ0) is 26.2. The zero-order valence-electron chi connectivity index (χ0n) is 21.8. The van der Waals surface area contributed by atoms with Gasteiger partial charge in [0.2, 0.25) is 0 Å². The molecule has 0 saturated carbocycles. The SMILES string of the molecule is Cc1ccccc1N1CCN(CCCCN2CCC3C(C2)c2cc(F)ccc2N3c2ccc(F)cc2)C1=O. The quantitative estimate of drug-likeness (QED) is 0.345. The van der Waals surface area contributed by atoms with Gasteiger partial charge in [0.05, 0.1) is 0 Å². The average Bonchev–Trinajstić information content (AvgIpc) is 3.44. The molecule has 5 nitrogen and oxygen atoms in total. The van der Waals surface area contributed by atoms with Gasteiger partial charge in [0, 0.05) is 61.7 Å². The van der Waals surface area contributed by atoms with Crippen LogP contribution in [0, 0.1) is 18.6 Å². The fourth-order valence-corrected chi connectivity index (χ4v) is 6.50. The van der Waals surface area contributed by atoms with Crippen LogP contribution >= 0.6 is 0 Å². The Hall–Kier alpha value is -3.45. The highest BCUT2D eigenvalue weighted by Gasteiger charge is 2.42. The van der Waals surface area contributed by atoms with E-state index in [0.29, 0.717) is 0 Å². The fraction of sp³-hybridized carbons (Fsp3) is 0.387. The number of aryl methyl sites for hydroxylation is 1. The van der Waals surface area contributed by atoms with Gasteiger partial charge in [0.1, 0.15) is 11.6 Å². The molecule has 198 valence electrons. The molecular formula is C31H34F2N4O. The van der Waals surface area contributed by atoms with Gasteiger partial charge in [-0.3, -0.25) is 4.90 Å². The number of hydrogen-bond donors (Lipinski definition) is 0. The lowest BCUT2D eigenvalue weighted by Crippen LogP contribution is -2.45. The summed E-state index contributed by atoms with van der Waals surface area (Å²) in [4.78, 5) is 21.6. The number of benzene rings is 3. The molecule has 3 aliphatic heterocycles. The molecule has 7 heteroatoms. The number of para-hydroxylation sites is 1. The molecule has 6 rings (SSSR count). The molecule has 0 spiro atoms. The summed E-state index contributed by atoms with van der Waals surface area (Å²) in [6.07, 6.45) is 2.95. The molecule has 2 saturated heterocycles. The zero-order valence-corrected chi connectivity index (χ0v) is 21.8. The van der Waals surface area contributed by atoms with Crippen LogP contribution in [0.1, 0.15) is 36.3 Å². The second kappa shape index (κ2) is 10.4. The minimum Gasteiger partial charge on any atom is -0.337 e. The molecule has 3 aliphatic rings. The Morgan fingerprint density at radius 3 is 2.42 bits per heavy atom. The molecule has 0 N–H and O–H groups in total. The number of likely N-dealkylation sites (tertiary alicyclic amines) is 1. The van der Waals surface area contributed by atoms with Crippen LogP contribution in [0.5, 0.6) is 0 Å². The number of piperidine rings is 1. The van der Waals surface area contributed by atoms with E-state index < -0.39 is 0 Å². The molecule has 2 unspecified atom stereocenters. The maximum atomic E-state index is 14.3. The van der Waals surface area contributed by atoms with E-state index in [4.69, 9.17) is 0 Å². The molecule has 2 fully saturated rings. The number of anilines is 3. The standard InChI is InChI=1S/C31H34F2N4O/c1-22-6-2-3-7-28(22)36-19-18-35(31(36)38)16-5-4-15-34-17-14-30-27(21-34)26-20-24(33)10-13-29(26)37(30)25-11-8-23(32)9-12-25/h2-3,6-13,20,27,30H,4-5,14-19,21H2,1H3. The van der Waals surface area contributed by atoms with Crippen LogP contribution in [0.4, 0.5) is 30.6 Å². The van der Waals surface area contributed by atoms with Crippen molar-refractivity contribution in [1.29, 1.82) is 0 Å². The van der Waals surface area contributed by atoms with E-state index in [1.807, 2.05) is 59.2 Å². The van der Waals surface area contributed by atoms with Crippen molar-refractivity contribution in [2.75, 3.05) is 49.1 Å². The summed E-state index contributed by atoms with van der Waals surface area (Å²) in [7, 11) is 0. The smallest absolute Gasteiger partial charge is 0.324 e. The Labute approximate surface area is 223 Å². The summed E-state index contributed by atoms with van der Waals surface area (Å²) in [6, 6.07) is 20.1. The van der Waals surface area contributed by atoms with Gasteiger partial charge in [-0.15, -0.1) is 0 Å². The van der Waals surface area contributed by atoms with Crippen LogP contribution in [0.2, 0.25) is 0 Å². The number of unbranched alkanes of at least 4 members (excludes halogenated alkanes) is 1. The van der Waals surface area contributed by atoms with E-state index in [1.54, 1.807) is 6.07 Å². The Balaban J connectivity index is 1.05. The monoisotopic (exact) mass is 516 g/mol. The van der Waals surface area contributed by atoms with Crippen LogP contribution in [-0.4, -0.2) is 61.1 Å². The Morgan fingerprint density at radius 1 is 0.842 bits per heavy atom. The van der Waals surface area contributed by atoms with Gasteiger partial charge in [-0.2, -0.15) is 0 Å². The Morgan fingerprint density at radius 2 is 1.61 bits per heavy atom. The van der Waals surface area contributed by atoms with E-state index in [1.165, 1.54) is 18.2 Å². The molecule has 2 amide bonds. The lowest BCUT2D eigenvalue weighted by atomic mass is 9.89. The van der Waals surface area contributed by atoms with Crippen molar-refractivity contribution >= 4 is 23.1 Å². The van der Waals surface area contributed by atoms with Gasteiger partial charge in [0.25, 0.3) is 0 Å². The number of carbonyl (C=O) groups excluding carboxylic acids is 1. The minimum atomic E-state index is -0.253. The van der Waals surface area contributed by atoms with Gasteiger partial charge in [0.15, 0.2) is 0 Å². The molecule has 3 aromatic carbocycles. The van der Waals surface area contributed by atoms with E-state index >= 15 is 0 Å². The number of fused-ring (bicyclic) bond motifs is 3. The Kier molecular flexibility index (Phi) is 6.78. The second-order valence-corrected chi connectivity index (χ2v) is 10.7. The summed E-state index contributed by atoms with van der Waals surface area (Å²) in [5.41, 5.74) is 5.15. The maximum absolute atomic E-state index is 14.3. The van der Waals surface area contributed by atoms with Crippen molar-refractivity contribution in [2.24, 2.45) is 0 Å². The second-order valence-electron chi connectivity index (χ2n) is 10.7. The third-order valence-electron chi connectivity index (χ3n) is 8.40. The number of urea groups is 1. The van der Waals surface area contributed by atoms with Gasteiger partial charge in [-0.25, -0.2) is 13.6 Å². The van der Waals surface area contributed by atoms with Crippen molar-refractivity contribution in [3.05, 3.63) is 89.5 Å². The van der Waals surface area contributed by atoms with Crippen LogP contribution in [-0.2, 0) is 0 Å². The largest absolute Gasteiger partial charge is 0.337 e. The molecule has 2 atom stereocenters. The van der Waals surface area contributed by atoms with Crippen molar-refractivity contribution in [3.63, 3.8) is 0 Å². The number of nitrogens with zero attached hydrogens (tertiary/aromatic N) is 4. The number of carbonyl (C=O) groups is 1. The molecule has 3 heterocycles. The molecule has 0 aliphatic carbocycles. The van der Waals surface area contributed by atoms with Crippen molar-refractivity contribution in [3.8, 4) is 0 Å². The van der Waals surface area contributed by atoms with Crippen molar-refractivity contribution < 1.29 is 13.6 Å². The lowest BCUT2D eigenvalue weighted by molar-refractivity contribution is 0.189. The number of halogens is 2. The number of hydrogen-bond acceptors (Lipinski definition) is 3. The first-order valence-electron chi connectivity index (χ1n) is 13.7. The molecule has 0 radical (unpaired) electrons. The number of rotatable bonds is 7. The van der Waals surface area contributed by atoms with Crippen molar-refractivity contribution in [1.82, 2.24) is 9.80 Å². The maximum Gasteiger partial charge on any atom is 0.324 e. The minimum absolute atomic E-state index is 0.102.